The molecule has 3 aromatic rings. The van der Waals surface area contributed by atoms with Gasteiger partial charge < -0.3 is 0 Å². The van der Waals surface area contributed by atoms with E-state index < -0.39 is 0 Å². The Morgan fingerprint density at radius 2 is 2.24 bits per heavy atom. The molecule has 5 heteroatoms. The summed E-state index contributed by atoms with van der Waals surface area (Å²) < 4.78 is 3.36. The largest absolute Gasteiger partial charge is 0.260 e. The third kappa shape index (κ3) is 1.85. The maximum Gasteiger partial charge on any atom is 0.217 e. The van der Waals surface area contributed by atoms with Crippen LogP contribution in [0.4, 0.5) is 0 Å². The zero-order valence-corrected chi connectivity index (χ0v) is 11.0. The normalized spacial score (nSPS) is 11.4. The molecule has 0 aliphatic heterocycles. The molecule has 0 amide bonds. The summed E-state index contributed by atoms with van der Waals surface area (Å²) in [5.41, 5.74) is 2.33. The van der Waals surface area contributed by atoms with Crippen LogP contribution in [0.25, 0.3) is 15.2 Å². The summed E-state index contributed by atoms with van der Waals surface area (Å²) in [6, 6.07) is 8.31. The molecule has 3 rings (SSSR count). The minimum Gasteiger partial charge on any atom is -0.260 e. The Bertz CT molecular complexity index is 696. The van der Waals surface area contributed by atoms with Crippen molar-refractivity contribution < 1.29 is 0 Å². The second-order valence-corrected chi connectivity index (χ2v) is 5.87. The van der Waals surface area contributed by atoms with Gasteiger partial charge in [0.05, 0.1) is 10.2 Å². The number of hydrogen-bond acceptors (Lipinski definition) is 4. The van der Waals surface area contributed by atoms with Crippen LogP contribution in [0.15, 0.2) is 41.6 Å². The van der Waals surface area contributed by atoms with Crippen molar-refractivity contribution in [3.05, 3.63) is 36.4 Å². The summed E-state index contributed by atoms with van der Waals surface area (Å²) in [6.45, 7) is 5.93. The second kappa shape index (κ2) is 4.16. The quantitative estimate of drug-likeness (QED) is 0.533. The van der Waals surface area contributed by atoms with Gasteiger partial charge in [0, 0.05) is 5.75 Å². The molecule has 0 aliphatic rings. The molecular formula is C12H11N3S2. The number of fused-ring (bicyclic) bond motifs is 3. The van der Waals surface area contributed by atoms with Crippen molar-refractivity contribution in [1.29, 1.82) is 0 Å². The number of para-hydroxylation sites is 1. The van der Waals surface area contributed by atoms with Crippen LogP contribution in [0.2, 0.25) is 0 Å². The number of rotatable bonds is 3. The lowest BCUT2D eigenvalue weighted by Gasteiger charge is -1.98. The summed E-state index contributed by atoms with van der Waals surface area (Å²) in [6.07, 6.45) is 0. The first-order valence-electron chi connectivity index (χ1n) is 5.25. The summed E-state index contributed by atoms with van der Waals surface area (Å²) >= 11 is 3.35. The summed E-state index contributed by atoms with van der Waals surface area (Å²) in [7, 11) is 0. The second-order valence-electron chi connectivity index (χ2n) is 3.92. The van der Waals surface area contributed by atoms with Crippen LogP contribution in [-0.2, 0) is 0 Å². The van der Waals surface area contributed by atoms with Crippen LogP contribution in [0.5, 0.6) is 0 Å². The van der Waals surface area contributed by atoms with E-state index in [0.717, 1.165) is 21.4 Å². The fraction of sp³-hybridized carbons (Fsp3) is 0.167. The van der Waals surface area contributed by atoms with Crippen LogP contribution in [-0.4, -0.2) is 20.4 Å². The molecule has 0 unspecified atom stereocenters. The highest BCUT2D eigenvalue weighted by molar-refractivity contribution is 7.99. The molecule has 1 aromatic carbocycles. The fourth-order valence-corrected chi connectivity index (χ4v) is 3.45. The Labute approximate surface area is 107 Å². The molecule has 0 aliphatic carbocycles. The average molecular weight is 261 g/mol. The Morgan fingerprint density at radius 3 is 3.06 bits per heavy atom. The van der Waals surface area contributed by atoms with Gasteiger partial charge in [0.15, 0.2) is 5.16 Å². The number of nitrogens with zero attached hydrogens (tertiary/aromatic N) is 3. The maximum atomic E-state index is 4.22. The third-order valence-electron chi connectivity index (χ3n) is 2.36. The molecule has 0 saturated heterocycles. The minimum atomic E-state index is 0.880. The van der Waals surface area contributed by atoms with Crippen LogP contribution in [0, 0.1) is 0 Å². The lowest BCUT2D eigenvalue weighted by atomic mass is 10.3. The first-order chi connectivity index (χ1) is 8.25. The highest BCUT2D eigenvalue weighted by atomic mass is 32.2. The molecule has 2 aromatic heterocycles. The standard InChI is InChI=1S/C12H11N3S2/c1-8(2)7-16-11-13-14-12-15(11)9-5-3-4-6-10(9)17-12/h3-6H,1,7H2,2H3. The van der Waals surface area contributed by atoms with E-state index in [1.807, 2.05) is 19.1 Å². The highest BCUT2D eigenvalue weighted by Crippen LogP contribution is 2.29. The highest BCUT2D eigenvalue weighted by Gasteiger charge is 2.11. The Balaban J connectivity index is 2.15. The van der Waals surface area contributed by atoms with Gasteiger partial charge in [-0.15, -0.1) is 10.2 Å². The maximum absolute atomic E-state index is 4.22. The molecule has 0 radical (unpaired) electrons. The molecule has 3 nitrogen and oxygen atoms in total. The Hall–Kier alpha value is -1.33. The fourth-order valence-electron chi connectivity index (χ4n) is 1.64. The van der Waals surface area contributed by atoms with Gasteiger partial charge in [-0.2, -0.15) is 0 Å². The van der Waals surface area contributed by atoms with Gasteiger partial charge in [0.1, 0.15) is 0 Å². The number of aromatic nitrogens is 3. The van der Waals surface area contributed by atoms with Crippen LogP contribution in [0.3, 0.4) is 0 Å². The van der Waals surface area contributed by atoms with E-state index in [4.69, 9.17) is 0 Å². The van der Waals surface area contributed by atoms with Gasteiger partial charge in [-0.3, -0.25) is 4.40 Å². The molecule has 0 atom stereocenters. The van der Waals surface area contributed by atoms with Gasteiger partial charge in [-0.1, -0.05) is 47.4 Å². The van der Waals surface area contributed by atoms with E-state index >= 15 is 0 Å². The Kier molecular flexibility index (Phi) is 2.64. The molecule has 2 heterocycles. The van der Waals surface area contributed by atoms with E-state index in [1.165, 1.54) is 10.2 Å². The van der Waals surface area contributed by atoms with Gasteiger partial charge in [0.25, 0.3) is 0 Å². The van der Waals surface area contributed by atoms with Crippen molar-refractivity contribution >= 4 is 38.3 Å². The number of thiazole rings is 1. The molecule has 86 valence electrons. The van der Waals surface area contributed by atoms with Crippen LogP contribution >= 0.6 is 23.1 Å². The summed E-state index contributed by atoms with van der Waals surface area (Å²) in [4.78, 5) is 0.954. The van der Waals surface area contributed by atoms with Gasteiger partial charge >= 0.3 is 0 Å². The van der Waals surface area contributed by atoms with E-state index in [2.05, 4.69) is 33.3 Å². The first kappa shape index (κ1) is 10.8. The number of benzene rings is 1. The zero-order chi connectivity index (χ0) is 11.8. The molecule has 0 bridgehead atoms. The molecule has 0 spiro atoms. The van der Waals surface area contributed by atoms with Crippen molar-refractivity contribution in [3.63, 3.8) is 0 Å². The van der Waals surface area contributed by atoms with Gasteiger partial charge in [-0.25, -0.2) is 0 Å². The van der Waals surface area contributed by atoms with E-state index in [9.17, 15) is 0 Å². The topological polar surface area (TPSA) is 30.2 Å². The summed E-state index contributed by atoms with van der Waals surface area (Å²) in [5.74, 6) is 0.880. The molecule has 17 heavy (non-hydrogen) atoms. The van der Waals surface area contributed by atoms with E-state index in [-0.39, 0.29) is 0 Å². The van der Waals surface area contributed by atoms with Gasteiger partial charge in [-0.05, 0) is 19.1 Å². The van der Waals surface area contributed by atoms with E-state index in [1.54, 1.807) is 23.1 Å². The third-order valence-corrected chi connectivity index (χ3v) is 4.53. The lowest BCUT2D eigenvalue weighted by Crippen LogP contribution is -1.87. The van der Waals surface area contributed by atoms with Crippen molar-refractivity contribution in [2.45, 2.75) is 12.1 Å². The summed E-state index contributed by atoms with van der Waals surface area (Å²) in [5, 5.41) is 9.38. The molecule has 0 fully saturated rings. The lowest BCUT2D eigenvalue weighted by molar-refractivity contribution is 0.942. The Morgan fingerprint density at radius 1 is 1.41 bits per heavy atom. The van der Waals surface area contributed by atoms with Gasteiger partial charge in [0.2, 0.25) is 4.96 Å². The van der Waals surface area contributed by atoms with E-state index in [0.29, 0.717) is 0 Å². The number of hydrogen-bond donors (Lipinski definition) is 0. The minimum absolute atomic E-state index is 0.880. The van der Waals surface area contributed by atoms with Crippen molar-refractivity contribution in [1.82, 2.24) is 14.6 Å². The monoisotopic (exact) mass is 261 g/mol. The predicted molar refractivity (Wildman–Crippen MR) is 73.9 cm³/mol. The molecular weight excluding hydrogens is 250 g/mol. The van der Waals surface area contributed by atoms with Crippen molar-refractivity contribution in [3.8, 4) is 0 Å². The first-order valence-corrected chi connectivity index (χ1v) is 7.06. The van der Waals surface area contributed by atoms with Crippen LogP contribution in [0.1, 0.15) is 6.92 Å². The predicted octanol–water partition coefficient (Wildman–Crippen LogP) is 3.61. The molecule has 0 N–H and O–H groups in total. The number of thioether (sulfide) groups is 1. The van der Waals surface area contributed by atoms with Crippen LogP contribution < -0.4 is 0 Å². The smallest absolute Gasteiger partial charge is 0.217 e. The SMILES string of the molecule is C=C(C)CSc1nnc2sc3ccccc3n12. The average Bonchev–Trinajstić information content (AvgIpc) is 2.84. The zero-order valence-electron chi connectivity index (χ0n) is 9.38. The molecule has 0 saturated carbocycles. The van der Waals surface area contributed by atoms with Crippen molar-refractivity contribution in [2.24, 2.45) is 0 Å². The van der Waals surface area contributed by atoms with Crippen molar-refractivity contribution in [2.75, 3.05) is 5.75 Å².